The van der Waals surface area contributed by atoms with Crippen LogP contribution in [0.4, 0.5) is 5.69 Å². The molecule has 0 aliphatic heterocycles. The highest BCUT2D eigenvalue weighted by molar-refractivity contribution is 5.96. The lowest BCUT2D eigenvalue weighted by Crippen LogP contribution is -2.49. The van der Waals surface area contributed by atoms with Gasteiger partial charge in [0.15, 0.2) is 0 Å². The van der Waals surface area contributed by atoms with Crippen molar-refractivity contribution in [3.05, 3.63) is 39.4 Å². The van der Waals surface area contributed by atoms with E-state index in [1.165, 1.54) is 12.1 Å². The van der Waals surface area contributed by atoms with Gasteiger partial charge in [-0.3, -0.25) is 14.9 Å². The van der Waals surface area contributed by atoms with E-state index < -0.39 is 4.92 Å². The summed E-state index contributed by atoms with van der Waals surface area (Å²) in [6, 6.07) is 4.45. The van der Waals surface area contributed by atoms with E-state index in [1.807, 2.05) is 0 Å². The Morgan fingerprint density at radius 2 is 2.10 bits per heavy atom. The summed E-state index contributed by atoms with van der Waals surface area (Å²) in [7, 11) is 0. The zero-order valence-corrected chi connectivity index (χ0v) is 11.5. The van der Waals surface area contributed by atoms with Gasteiger partial charge in [0.05, 0.1) is 4.92 Å². The van der Waals surface area contributed by atoms with Crippen LogP contribution in [-0.4, -0.2) is 22.9 Å². The molecule has 6 heteroatoms. The van der Waals surface area contributed by atoms with Crippen LogP contribution in [0.1, 0.15) is 41.6 Å². The van der Waals surface area contributed by atoms with Gasteiger partial charge in [-0.2, -0.15) is 0 Å². The van der Waals surface area contributed by atoms with Gasteiger partial charge in [0.1, 0.15) is 0 Å². The lowest BCUT2D eigenvalue weighted by Gasteiger charge is -2.29. The lowest BCUT2D eigenvalue weighted by molar-refractivity contribution is -0.385. The van der Waals surface area contributed by atoms with E-state index in [0.717, 1.165) is 25.7 Å². The number of rotatable bonds is 3. The van der Waals surface area contributed by atoms with E-state index in [0.29, 0.717) is 11.1 Å². The first-order valence-electron chi connectivity index (χ1n) is 6.81. The minimum Gasteiger partial charge on any atom is -0.348 e. The largest absolute Gasteiger partial charge is 0.348 e. The van der Waals surface area contributed by atoms with Crippen LogP contribution in [0.3, 0.4) is 0 Å². The number of nitrogens with one attached hydrogen (secondary N) is 1. The predicted molar refractivity (Wildman–Crippen MR) is 75.5 cm³/mol. The van der Waals surface area contributed by atoms with Crippen molar-refractivity contribution < 1.29 is 9.72 Å². The Morgan fingerprint density at radius 3 is 2.75 bits per heavy atom. The lowest BCUT2D eigenvalue weighted by atomic mass is 9.90. The Balaban J connectivity index is 2.17. The molecule has 1 amide bonds. The van der Waals surface area contributed by atoms with Crippen LogP contribution in [0.15, 0.2) is 18.2 Å². The van der Waals surface area contributed by atoms with E-state index >= 15 is 0 Å². The molecule has 0 bridgehead atoms. The van der Waals surface area contributed by atoms with Gasteiger partial charge in [-0.15, -0.1) is 0 Å². The summed E-state index contributed by atoms with van der Waals surface area (Å²) in [5, 5.41) is 13.8. The molecule has 6 nitrogen and oxygen atoms in total. The molecule has 1 aliphatic carbocycles. The van der Waals surface area contributed by atoms with Crippen molar-refractivity contribution in [2.45, 2.75) is 44.7 Å². The number of amides is 1. The SMILES string of the molecule is Cc1c(C(=O)N[C@@H]2CCCC[C@H]2N)cccc1[N+](=O)[O-]. The highest BCUT2D eigenvalue weighted by atomic mass is 16.6. The Kier molecular flexibility index (Phi) is 4.34. The van der Waals surface area contributed by atoms with E-state index in [2.05, 4.69) is 5.32 Å². The maximum atomic E-state index is 12.3. The standard InChI is InChI=1S/C14H19N3O3/c1-9-10(5-4-8-13(9)17(19)20)14(18)16-12-7-3-2-6-11(12)15/h4-5,8,11-12H,2-3,6-7,15H2,1H3,(H,16,18)/t11-,12-/m1/s1. The van der Waals surface area contributed by atoms with Gasteiger partial charge in [-0.05, 0) is 25.8 Å². The first-order valence-corrected chi connectivity index (χ1v) is 6.81. The summed E-state index contributed by atoms with van der Waals surface area (Å²) in [5.74, 6) is -0.284. The highest BCUT2D eigenvalue weighted by Crippen LogP contribution is 2.22. The monoisotopic (exact) mass is 277 g/mol. The summed E-state index contributed by atoms with van der Waals surface area (Å²) >= 11 is 0. The molecule has 2 rings (SSSR count). The minimum absolute atomic E-state index is 0.0355. The van der Waals surface area contributed by atoms with E-state index in [4.69, 9.17) is 5.73 Å². The van der Waals surface area contributed by atoms with Gasteiger partial charge in [-0.25, -0.2) is 0 Å². The fourth-order valence-corrected chi connectivity index (χ4v) is 2.65. The molecule has 1 saturated carbocycles. The number of carbonyl (C=O) groups is 1. The normalized spacial score (nSPS) is 22.3. The van der Waals surface area contributed by atoms with Gasteiger partial charge in [0, 0.05) is 29.3 Å². The first kappa shape index (κ1) is 14.5. The number of carbonyl (C=O) groups excluding carboxylic acids is 1. The molecule has 0 heterocycles. The molecule has 108 valence electrons. The topological polar surface area (TPSA) is 98.3 Å². The molecule has 0 unspecified atom stereocenters. The van der Waals surface area contributed by atoms with Crippen molar-refractivity contribution in [2.24, 2.45) is 5.73 Å². The van der Waals surface area contributed by atoms with Crippen LogP contribution in [0.5, 0.6) is 0 Å². The zero-order valence-electron chi connectivity index (χ0n) is 11.5. The van der Waals surface area contributed by atoms with E-state index in [9.17, 15) is 14.9 Å². The Morgan fingerprint density at radius 1 is 1.40 bits per heavy atom. The number of benzene rings is 1. The van der Waals surface area contributed by atoms with Crippen molar-refractivity contribution in [1.82, 2.24) is 5.32 Å². The van der Waals surface area contributed by atoms with Gasteiger partial charge in [0.2, 0.25) is 0 Å². The van der Waals surface area contributed by atoms with Crippen LogP contribution in [0, 0.1) is 17.0 Å². The van der Waals surface area contributed by atoms with Gasteiger partial charge in [0.25, 0.3) is 11.6 Å². The average Bonchev–Trinajstić information content (AvgIpc) is 2.41. The van der Waals surface area contributed by atoms with Crippen LogP contribution < -0.4 is 11.1 Å². The van der Waals surface area contributed by atoms with Gasteiger partial charge >= 0.3 is 0 Å². The number of nitro benzene ring substituents is 1. The second kappa shape index (κ2) is 6.00. The van der Waals surface area contributed by atoms with Crippen molar-refractivity contribution in [3.8, 4) is 0 Å². The average molecular weight is 277 g/mol. The van der Waals surface area contributed by atoms with Crippen LogP contribution in [0.25, 0.3) is 0 Å². The predicted octanol–water partition coefficient (Wildman–Crippen LogP) is 1.90. The van der Waals surface area contributed by atoms with Gasteiger partial charge in [-0.1, -0.05) is 18.9 Å². The molecule has 3 N–H and O–H groups in total. The number of nitrogens with two attached hydrogens (primary N) is 1. The molecule has 1 aromatic carbocycles. The number of nitro groups is 1. The summed E-state index contributed by atoms with van der Waals surface area (Å²) in [6.45, 7) is 1.59. The Bertz CT molecular complexity index is 530. The summed E-state index contributed by atoms with van der Waals surface area (Å²) in [5.41, 5.74) is 6.69. The molecular formula is C14H19N3O3. The molecule has 20 heavy (non-hydrogen) atoms. The summed E-state index contributed by atoms with van der Waals surface area (Å²) < 4.78 is 0. The first-order chi connectivity index (χ1) is 9.50. The third-order valence-corrected chi connectivity index (χ3v) is 3.88. The fourth-order valence-electron chi connectivity index (χ4n) is 2.65. The second-order valence-corrected chi connectivity index (χ2v) is 5.24. The van der Waals surface area contributed by atoms with E-state index in [1.54, 1.807) is 13.0 Å². The zero-order chi connectivity index (χ0) is 14.7. The maximum Gasteiger partial charge on any atom is 0.273 e. The summed E-state index contributed by atoms with van der Waals surface area (Å²) in [6.07, 6.45) is 3.90. The second-order valence-electron chi connectivity index (χ2n) is 5.24. The molecular weight excluding hydrogens is 258 g/mol. The third kappa shape index (κ3) is 2.96. The van der Waals surface area contributed by atoms with Crippen molar-refractivity contribution >= 4 is 11.6 Å². The quantitative estimate of drug-likeness (QED) is 0.651. The van der Waals surface area contributed by atoms with Crippen molar-refractivity contribution in [3.63, 3.8) is 0 Å². The molecule has 0 aromatic heterocycles. The van der Waals surface area contributed by atoms with Crippen LogP contribution in [-0.2, 0) is 0 Å². The molecule has 1 aromatic rings. The Hall–Kier alpha value is -1.95. The highest BCUT2D eigenvalue weighted by Gasteiger charge is 2.25. The molecule has 1 fully saturated rings. The van der Waals surface area contributed by atoms with E-state index in [-0.39, 0.29) is 23.7 Å². The fraction of sp³-hybridized carbons (Fsp3) is 0.500. The number of hydrogen-bond acceptors (Lipinski definition) is 4. The van der Waals surface area contributed by atoms with Crippen molar-refractivity contribution in [1.29, 1.82) is 0 Å². The molecule has 0 spiro atoms. The van der Waals surface area contributed by atoms with Crippen LogP contribution >= 0.6 is 0 Å². The smallest absolute Gasteiger partial charge is 0.273 e. The summed E-state index contributed by atoms with van der Waals surface area (Å²) in [4.78, 5) is 22.7. The molecule has 2 atom stereocenters. The molecule has 1 aliphatic rings. The number of nitrogens with zero attached hydrogens (tertiary/aromatic N) is 1. The minimum atomic E-state index is -0.474. The maximum absolute atomic E-state index is 12.3. The number of hydrogen-bond donors (Lipinski definition) is 2. The van der Waals surface area contributed by atoms with Crippen LogP contribution in [0.2, 0.25) is 0 Å². The third-order valence-electron chi connectivity index (χ3n) is 3.88. The molecule has 0 saturated heterocycles. The molecule has 0 radical (unpaired) electrons. The van der Waals surface area contributed by atoms with Crippen molar-refractivity contribution in [2.75, 3.05) is 0 Å². The van der Waals surface area contributed by atoms with Gasteiger partial charge < -0.3 is 11.1 Å². The Labute approximate surface area is 117 Å².